The highest BCUT2D eigenvalue weighted by atomic mass is 79.9. The average Bonchev–Trinajstić information content (AvgIpc) is 2.42. The summed E-state index contributed by atoms with van der Waals surface area (Å²) in [5.74, 6) is 0. The first-order chi connectivity index (χ1) is 10.0. The van der Waals surface area contributed by atoms with Gasteiger partial charge < -0.3 is 5.32 Å². The number of halogens is 4. The Kier molecular flexibility index (Phi) is 6.57. The summed E-state index contributed by atoms with van der Waals surface area (Å²) >= 11 is 19.2. The summed E-state index contributed by atoms with van der Waals surface area (Å²) in [6, 6.07) is 12.3. The molecular formula is C16H15Br2Cl2N. The zero-order valence-corrected chi connectivity index (χ0v) is 16.2. The lowest BCUT2D eigenvalue weighted by atomic mass is 9.99. The van der Waals surface area contributed by atoms with Crippen molar-refractivity contribution in [3.05, 3.63) is 66.5 Å². The number of rotatable bonds is 5. The Bertz CT molecular complexity index is 632. The van der Waals surface area contributed by atoms with Crippen molar-refractivity contribution in [2.24, 2.45) is 0 Å². The number of hydrogen-bond donors (Lipinski definition) is 1. The van der Waals surface area contributed by atoms with Gasteiger partial charge in [0.25, 0.3) is 0 Å². The molecule has 0 heterocycles. The Labute approximate surface area is 152 Å². The first-order valence-corrected chi connectivity index (χ1v) is 8.97. The van der Waals surface area contributed by atoms with E-state index < -0.39 is 0 Å². The Morgan fingerprint density at radius 2 is 1.81 bits per heavy atom. The van der Waals surface area contributed by atoms with Crippen LogP contribution in [-0.4, -0.2) is 6.54 Å². The zero-order valence-electron chi connectivity index (χ0n) is 11.5. The lowest BCUT2D eigenvalue weighted by molar-refractivity contribution is 0.548. The third-order valence-corrected chi connectivity index (χ3v) is 5.13. The van der Waals surface area contributed by atoms with Crippen LogP contribution in [0.5, 0.6) is 0 Å². The van der Waals surface area contributed by atoms with E-state index in [1.165, 1.54) is 5.56 Å². The smallest absolute Gasteiger partial charge is 0.0595 e. The van der Waals surface area contributed by atoms with Gasteiger partial charge >= 0.3 is 0 Å². The van der Waals surface area contributed by atoms with Gasteiger partial charge in [-0.3, -0.25) is 0 Å². The standard InChI is InChI=1S/C16H15Br2Cl2N/c1-2-21-16(12-5-4-11(17)9-13(12)18)8-10-3-6-14(19)15(20)7-10/h3-7,9,16,21H,2,8H2,1H3. The second kappa shape index (κ2) is 7.98. The molecule has 0 amide bonds. The maximum atomic E-state index is 6.10. The van der Waals surface area contributed by atoms with Crippen LogP contribution in [0.2, 0.25) is 10.0 Å². The monoisotopic (exact) mass is 449 g/mol. The van der Waals surface area contributed by atoms with Crippen LogP contribution in [0.4, 0.5) is 0 Å². The van der Waals surface area contributed by atoms with E-state index in [4.69, 9.17) is 23.2 Å². The number of benzene rings is 2. The Balaban J connectivity index is 2.28. The van der Waals surface area contributed by atoms with Gasteiger partial charge in [-0.1, -0.05) is 74.1 Å². The van der Waals surface area contributed by atoms with Gasteiger partial charge in [-0.2, -0.15) is 0 Å². The van der Waals surface area contributed by atoms with Gasteiger partial charge in [0.05, 0.1) is 10.0 Å². The van der Waals surface area contributed by atoms with Crippen molar-refractivity contribution in [1.82, 2.24) is 5.32 Å². The van der Waals surface area contributed by atoms with Crippen LogP contribution in [0.15, 0.2) is 45.3 Å². The molecule has 1 nitrogen and oxygen atoms in total. The molecule has 0 aliphatic carbocycles. The van der Waals surface area contributed by atoms with Crippen LogP contribution < -0.4 is 5.32 Å². The summed E-state index contributed by atoms with van der Waals surface area (Å²) in [5.41, 5.74) is 2.39. The summed E-state index contributed by atoms with van der Waals surface area (Å²) in [6.07, 6.45) is 0.852. The molecule has 2 rings (SSSR count). The first-order valence-electron chi connectivity index (χ1n) is 6.63. The van der Waals surface area contributed by atoms with Crippen molar-refractivity contribution in [2.75, 3.05) is 6.54 Å². The number of nitrogens with one attached hydrogen (secondary N) is 1. The number of hydrogen-bond acceptors (Lipinski definition) is 1. The minimum atomic E-state index is 0.217. The van der Waals surface area contributed by atoms with E-state index in [9.17, 15) is 0 Å². The Morgan fingerprint density at radius 1 is 1.05 bits per heavy atom. The van der Waals surface area contributed by atoms with E-state index in [2.05, 4.69) is 62.3 Å². The van der Waals surface area contributed by atoms with Crippen molar-refractivity contribution < 1.29 is 0 Å². The first kappa shape index (κ1) is 17.3. The molecule has 2 aromatic rings. The normalized spacial score (nSPS) is 12.4. The predicted octanol–water partition coefficient (Wildman–Crippen LogP) is 6.41. The van der Waals surface area contributed by atoms with E-state index in [0.29, 0.717) is 10.0 Å². The Morgan fingerprint density at radius 3 is 2.43 bits per heavy atom. The van der Waals surface area contributed by atoms with Crippen LogP contribution in [0, 0.1) is 0 Å². The highest BCUT2D eigenvalue weighted by Crippen LogP contribution is 2.30. The minimum Gasteiger partial charge on any atom is -0.310 e. The van der Waals surface area contributed by atoms with Crippen LogP contribution >= 0.6 is 55.1 Å². The quantitative estimate of drug-likeness (QED) is 0.553. The van der Waals surface area contributed by atoms with Gasteiger partial charge in [-0.15, -0.1) is 0 Å². The average molecular weight is 452 g/mol. The van der Waals surface area contributed by atoms with Gasteiger partial charge in [0, 0.05) is 15.0 Å². The van der Waals surface area contributed by atoms with E-state index in [0.717, 1.165) is 27.5 Å². The molecule has 2 aromatic carbocycles. The van der Waals surface area contributed by atoms with Gasteiger partial charge in [0.15, 0.2) is 0 Å². The van der Waals surface area contributed by atoms with Crippen LogP contribution in [0.25, 0.3) is 0 Å². The van der Waals surface area contributed by atoms with Crippen LogP contribution in [-0.2, 0) is 6.42 Å². The molecule has 21 heavy (non-hydrogen) atoms. The maximum absolute atomic E-state index is 6.10. The lowest BCUT2D eigenvalue weighted by Crippen LogP contribution is -2.23. The fourth-order valence-corrected chi connectivity index (χ4v) is 3.87. The molecule has 112 valence electrons. The molecule has 1 atom stereocenters. The van der Waals surface area contributed by atoms with E-state index in [1.807, 2.05) is 18.2 Å². The predicted molar refractivity (Wildman–Crippen MR) is 98.4 cm³/mol. The third kappa shape index (κ3) is 4.70. The molecular weight excluding hydrogens is 437 g/mol. The maximum Gasteiger partial charge on any atom is 0.0595 e. The largest absolute Gasteiger partial charge is 0.310 e. The van der Waals surface area contributed by atoms with Crippen molar-refractivity contribution >= 4 is 55.1 Å². The lowest BCUT2D eigenvalue weighted by Gasteiger charge is -2.20. The minimum absolute atomic E-state index is 0.217. The molecule has 5 heteroatoms. The number of likely N-dealkylation sites (N-methyl/N-ethyl adjacent to an activating group) is 1. The molecule has 0 radical (unpaired) electrons. The highest BCUT2D eigenvalue weighted by Gasteiger charge is 2.15. The Hall–Kier alpha value is -0.0600. The third-order valence-electron chi connectivity index (χ3n) is 3.21. The molecule has 0 aliphatic heterocycles. The van der Waals surface area contributed by atoms with Gasteiger partial charge in [0.1, 0.15) is 0 Å². The molecule has 0 saturated carbocycles. The highest BCUT2D eigenvalue weighted by molar-refractivity contribution is 9.11. The second-order valence-corrected chi connectivity index (χ2v) is 7.31. The summed E-state index contributed by atoms with van der Waals surface area (Å²) in [6.45, 7) is 3.00. The van der Waals surface area contributed by atoms with Crippen molar-refractivity contribution in [1.29, 1.82) is 0 Å². The fraction of sp³-hybridized carbons (Fsp3) is 0.250. The molecule has 0 saturated heterocycles. The summed E-state index contributed by atoms with van der Waals surface area (Å²) in [5, 5.41) is 4.71. The molecule has 0 bridgehead atoms. The topological polar surface area (TPSA) is 12.0 Å². The molecule has 1 N–H and O–H groups in total. The molecule has 0 fully saturated rings. The molecule has 0 aliphatic rings. The molecule has 0 spiro atoms. The fourth-order valence-electron chi connectivity index (χ4n) is 2.22. The molecule has 0 aromatic heterocycles. The van der Waals surface area contributed by atoms with Gasteiger partial charge in [-0.05, 0) is 48.4 Å². The summed E-state index contributed by atoms with van der Waals surface area (Å²) in [7, 11) is 0. The van der Waals surface area contributed by atoms with E-state index in [1.54, 1.807) is 0 Å². The van der Waals surface area contributed by atoms with Crippen LogP contribution in [0.1, 0.15) is 24.1 Å². The summed E-state index contributed by atoms with van der Waals surface area (Å²) in [4.78, 5) is 0. The second-order valence-electron chi connectivity index (χ2n) is 4.73. The van der Waals surface area contributed by atoms with Crippen molar-refractivity contribution in [2.45, 2.75) is 19.4 Å². The van der Waals surface area contributed by atoms with Crippen molar-refractivity contribution in [3.8, 4) is 0 Å². The van der Waals surface area contributed by atoms with Gasteiger partial charge in [-0.25, -0.2) is 0 Å². The SMILES string of the molecule is CCNC(Cc1ccc(Cl)c(Cl)c1)c1ccc(Br)cc1Br. The summed E-state index contributed by atoms with van der Waals surface area (Å²) < 4.78 is 2.14. The van der Waals surface area contributed by atoms with Crippen LogP contribution in [0.3, 0.4) is 0 Å². The van der Waals surface area contributed by atoms with E-state index in [-0.39, 0.29) is 6.04 Å². The van der Waals surface area contributed by atoms with E-state index >= 15 is 0 Å². The van der Waals surface area contributed by atoms with Gasteiger partial charge in [0.2, 0.25) is 0 Å². The van der Waals surface area contributed by atoms with Crippen molar-refractivity contribution in [3.63, 3.8) is 0 Å². The molecule has 1 unspecified atom stereocenters. The zero-order chi connectivity index (χ0) is 15.4.